The first-order chi connectivity index (χ1) is 10.2. The third kappa shape index (κ3) is 3.71. The summed E-state index contributed by atoms with van der Waals surface area (Å²) in [6.07, 6.45) is 4.75. The summed E-state index contributed by atoms with van der Waals surface area (Å²) < 4.78 is 5.68. The molecule has 21 heavy (non-hydrogen) atoms. The molecule has 2 fully saturated rings. The van der Waals surface area contributed by atoms with Crippen LogP contribution in [-0.4, -0.2) is 48.7 Å². The number of carbonyl (C=O) groups excluding carboxylic acids is 1. The molecule has 0 aliphatic carbocycles. The topological polar surface area (TPSA) is 41.6 Å². The van der Waals surface area contributed by atoms with E-state index in [-0.39, 0.29) is 11.9 Å². The second kappa shape index (κ2) is 6.41. The number of rotatable bonds is 3. The highest BCUT2D eigenvalue weighted by atomic mass is 16.5. The second-order valence-electron chi connectivity index (χ2n) is 5.94. The van der Waals surface area contributed by atoms with Crippen molar-refractivity contribution >= 4 is 12.0 Å². The third-order valence-corrected chi connectivity index (χ3v) is 4.17. The highest BCUT2D eigenvalue weighted by molar-refractivity contribution is 5.91. The van der Waals surface area contributed by atoms with Crippen LogP contribution in [-0.2, 0) is 9.53 Å². The van der Waals surface area contributed by atoms with Crippen molar-refractivity contribution < 1.29 is 9.53 Å². The van der Waals surface area contributed by atoms with Gasteiger partial charge in [0.2, 0.25) is 5.91 Å². The molecule has 0 bridgehead atoms. The number of nitrogens with one attached hydrogen (secondary N) is 1. The lowest BCUT2D eigenvalue weighted by Crippen LogP contribution is -2.45. The van der Waals surface area contributed by atoms with Crippen LogP contribution in [0, 0.1) is 0 Å². The first kappa shape index (κ1) is 14.3. The van der Waals surface area contributed by atoms with Crippen molar-refractivity contribution in [1.82, 2.24) is 10.2 Å². The SMILES string of the molecule is C[C@H]1CN2C[C@H](NC(=O)C=Cc3ccccc3)C[C@H]2CO1. The maximum absolute atomic E-state index is 12.0. The average molecular weight is 286 g/mol. The fourth-order valence-corrected chi connectivity index (χ4v) is 3.13. The second-order valence-corrected chi connectivity index (χ2v) is 5.94. The molecule has 4 heteroatoms. The summed E-state index contributed by atoms with van der Waals surface area (Å²) in [5.74, 6) is -0.0160. The average Bonchev–Trinajstić information content (AvgIpc) is 2.87. The Hall–Kier alpha value is -1.65. The lowest BCUT2D eigenvalue weighted by Gasteiger charge is -2.33. The summed E-state index contributed by atoms with van der Waals surface area (Å²) in [7, 11) is 0. The van der Waals surface area contributed by atoms with E-state index < -0.39 is 0 Å². The van der Waals surface area contributed by atoms with Gasteiger partial charge in [-0.15, -0.1) is 0 Å². The van der Waals surface area contributed by atoms with E-state index in [0.29, 0.717) is 12.1 Å². The molecule has 2 aliphatic heterocycles. The lowest BCUT2D eigenvalue weighted by atomic mass is 10.1. The third-order valence-electron chi connectivity index (χ3n) is 4.17. The van der Waals surface area contributed by atoms with Gasteiger partial charge < -0.3 is 10.1 Å². The Morgan fingerprint density at radius 2 is 2.14 bits per heavy atom. The smallest absolute Gasteiger partial charge is 0.244 e. The van der Waals surface area contributed by atoms with Crippen LogP contribution in [0.5, 0.6) is 0 Å². The van der Waals surface area contributed by atoms with Gasteiger partial charge in [0.05, 0.1) is 12.7 Å². The quantitative estimate of drug-likeness (QED) is 0.860. The van der Waals surface area contributed by atoms with E-state index in [1.807, 2.05) is 36.4 Å². The molecule has 2 aliphatic rings. The van der Waals surface area contributed by atoms with Crippen molar-refractivity contribution in [2.45, 2.75) is 31.5 Å². The van der Waals surface area contributed by atoms with E-state index in [1.165, 1.54) is 0 Å². The molecule has 2 heterocycles. The maximum Gasteiger partial charge on any atom is 0.244 e. The molecule has 4 nitrogen and oxygen atoms in total. The molecule has 0 aromatic heterocycles. The maximum atomic E-state index is 12.0. The molecule has 0 radical (unpaired) electrons. The summed E-state index contributed by atoms with van der Waals surface area (Å²) in [6, 6.07) is 10.6. The number of hydrogen-bond acceptors (Lipinski definition) is 3. The Morgan fingerprint density at radius 1 is 1.33 bits per heavy atom. The molecule has 3 rings (SSSR count). The molecular formula is C17H22N2O2. The van der Waals surface area contributed by atoms with Gasteiger partial charge >= 0.3 is 0 Å². The molecule has 1 amide bonds. The van der Waals surface area contributed by atoms with Gasteiger partial charge in [0, 0.05) is 31.2 Å². The molecule has 3 atom stereocenters. The van der Waals surface area contributed by atoms with E-state index in [9.17, 15) is 4.79 Å². The van der Waals surface area contributed by atoms with Gasteiger partial charge in [-0.2, -0.15) is 0 Å². The Kier molecular flexibility index (Phi) is 4.36. The predicted octanol–water partition coefficient (Wildman–Crippen LogP) is 1.68. The minimum Gasteiger partial charge on any atom is -0.376 e. The van der Waals surface area contributed by atoms with Crippen LogP contribution in [0.4, 0.5) is 0 Å². The van der Waals surface area contributed by atoms with E-state index in [1.54, 1.807) is 6.08 Å². The first-order valence-electron chi connectivity index (χ1n) is 7.60. The zero-order valence-corrected chi connectivity index (χ0v) is 12.4. The predicted molar refractivity (Wildman–Crippen MR) is 82.8 cm³/mol. The summed E-state index contributed by atoms with van der Waals surface area (Å²) in [5, 5.41) is 3.10. The summed E-state index contributed by atoms with van der Waals surface area (Å²) >= 11 is 0. The fourth-order valence-electron chi connectivity index (χ4n) is 3.13. The minimum atomic E-state index is -0.0160. The minimum absolute atomic E-state index is 0.0160. The van der Waals surface area contributed by atoms with Crippen molar-refractivity contribution in [3.8, 4) is 0 Å². The van der Waals surface area contributed by atoms with Crippen LogP contribution >= 0.6 is 0 Å². The zero-order chi connectivity index (χ0) is 14.7. The van der Waals surface area contributed by atoms with Gasteiger partial charge in [-0.3, -0.25) is 9.69 Å². The summed E-state index contributed by atoms with van der Waals surface area (Å²) in [6.45, 7) is 4.79. The molecule has 0 spiro atoms. The number of amides is 1. The number of hydrogen-bond donors (Lipinski definition) is 1. The molecular weight excluding hydrogens is 264 g/mol. The van der Waals surface area contributed by atoms with Gasteiger partial charge in [0.15, 0.2) is 0 Å². The zero-order valence-electron chi connectivity index (χ0n) is 12.4. The van der Waals surface area contributed by atoms with Crippen molar-refractivity contribution in [3.05, 3.63) is 42.0 Å². The molecule has 0 unspecified atom stereocenters. The molecule has 2 saturated heterocycles. The number of morpholine rings is 1. The highest BCUT2D eigenvalue weighted by Gasteiger charge is 2.36. The molecule has 1 N–H and O–H groups in total. The van der Waals surface area contributed by atoms with Crippen molar-refractivity contribution in [1.29, 1.82) is 0 Å². The van der Waals surface area contributed by atoms with Crippen LogP contribution in [0.3, 0.4) is 0 Å². The standard InChI is InChI=1S/C17H22N2O2/c1-13-10-19-11-15(9-16(19)12-21-13)18-17(20)8-7-14-5-3-2-4-6-14/h2-8,13,15-16H,9-12H2,1H3,(H,18,20)/t13-,15+,16-/m0/s1. The molecule has 1 aromatic rings. The number of fused-ring (bicyclic) bond motifs is 1. The van der Waals surface area contributed by atoms with Crippen LogP contribution in [0.2, 0.25) is 0 Å². The van der Waals surface area contributed by atoms with Crippen LogP contribution in [0.1, 0.15) is 18.9 Å². The lowest BCUT2D eigenvalue weighted by molar-refractivity contribution is -0.117. The van der Waals surface area contributed by atoms with Crippen molar-refractivity contribution in [2.24, 2.45) is 0 Å². The summed E-state index contributed by atoms with van der Waals surface area (Å²) in [4.78, 5) is 14.4. The van der Waals surface area contributed by atoms with Gasteiger partial charge in [0.1, 0.15) is 0 Å². The highest BCUT2D eigenvalue weighted by Crippen LogP contribution is 2.23. The Bertz CT molecular complexity index is 515. The number of nitrogens with zero attached hydrogens (tertiary/aromatic N) is 1. The van der Waals surface area contributed by atoms with Crippen LogP contribution < -0.4 is 5.32 Å². The summed E-state index contributed by atoms with van der Waals surface area (Å²) in [5.41, 5.74) is 1.04. The van der Waals surface area contributed by atoms with E-state index in [4.69, 9.17) is 4.74 Å². The van der Waals surface area contributed by atoms with E-state index >= 15 is 0 Å². The van der Waals surface area contributed by atoms with Gasteiger partial charge in [-0.25, -0.2) is 0 Å². The van der Waals surface area contributed by atoms with Gasteiger partial charge in [-0.05, 0) is 25.0 Å². The number of carbonyl (C=O) groups is 1. The first-order valence-corrected chi connectivity index (χ1v) is 7.60. The van der Waals surface area contributed by atoms with Gasteiger partial charge in [0.25, 0.3) is 0 Å². The largest absolute Gasteiger partial charge is 0.376 e. The van der Waals surface area contributed by atoms with E-state index in [0.717, 1.165) is 31.7 Å². The molecule has 1 aromatic carbocycles. The Morgan fingerprint density at radius 3 is 2.95 bits per heavy atom. The van der Waals surface area contributed by atoms with Gasteiger partial charge in [-0.1, -0.05) is 30.3 Å². The number of ether oxygens (including phenoxy) is 1. The Balaban J connectivity index is 1.51. The molecule has 112 valence electrons. The van der Waals surface area contributed by atoms with Crippen molar-refractivity contribution in [3.63, 3.8) is 0 Å². The number of benzene rings is 1. The van der Waals surface area contributed by atoms with E-state index in [2.05, 4.69) is 17.1 Å². The Labute approximate surface area is 125 Å². The molecule has 0 saturated carbocycles. The van der Waals surface area contributed by atoms with Crippen LogP contribution in [0.25, 0.3) is 6.08 Å². The normalized spacial score (nSPS) is 29.5. The monoisotopic (exact) mass is 286 g/mol. The van der Waals surface area contributed by atoms with Crippen molar-refractivity contribution in [2.75, 3.05) is 19.7 Å². The fraction of sp³-hybridized carbons (Fsp3) is 0.471. The van der Waals surface area contributed by atoms with Crippen LogP contribution in [0.15, 0.2) is 36.4 Å².